The summed E-state index contributed by atoms with van der Waals surface area (Å²) in [4.78, 5) is 11.4. The number of nitrogens with zero attached hydrogens (tertiary/aromatic N) is 3. The molecule has 0 aliphatic heterocycles. The molecule has 1 heterocycles. The summed E-state index contributed by atoms with van der Waals surface area (Å²) < 4.78 is 16.0. The van der Waals surface area contributed by atoms with Gasteiger partial charge in [0.05, 0.1) is 16.0 Å². The summed E-state index contributed by atoms with van der Waals surface area (Å²) in [6.07, 6.45) is 0. The molecule has 0 aliphatic rings. The predicted octanol–water partition coefficient (Wildman–Crippen LogP) is 3.69. The minimum Gasteiger partial charge on any atom is -0.369 e. The van der Waals surface area contributed by atoms with Crippen LogP contribution < -0.4 is 5.73 Å². The van der Waals surface area contributed by atoms with Gasteiger partial charge in [-0.3, -0.25) is 9.36 Å². The molecular weight excluding hydrogens is 363 g/mol. The van der Waals surface area contributed by atoms with Crippen LogP contribution in [0.3, 0.4) is 0 Å². The van der Waals surface area contributed by atoms with Gasteiger partial charge in [-0.1, -0.05) is 47.6 Å². The van der Waals surface area contributed by atoms with E-state index in [1.54, 1.807) is 54.0 Å². The average Bonchev–Trinajstić information content (AvgIpc) is 2.99. The summed E-state index contributed by atoms with van der Waals surface area (Å²) in [7, 11) is 0. The average molecular weight is 377 g/mol. The summed E-state index contributed by atoms with van der Waals surface area (Å²) >= 11 is 7.38. The van der Waals surface area contributed by atoms with E-state index in [2.05, 4.69) is 10.2 Å². The minimum atomic E-state index is -0.547. The van der Waals surface area contributed by atoms with Gasteiger partial charge in [0.25, 0.3) is 0 Å². The first kappa shape index (κ1) is 17.4. The lowest BCUT2D eigenvalue weighted by Gasteiger charge is -2.13. The molecule has 8 heteroatoms. The summed E-state index contributed by atoms with van der Waals surface area (Å²) in [5, 5.41) is 8.55. The van der Waals surface area contributed by atoms with Gasteiger partial charge in [0.1, 0.15) is 5.82 Å². The highest BCUT2D eigenvalue weighted by Crippen LogP contribution is 2.33. The molecule has 0 radical (unpaired) electrons. The van der Waals surface area contributed by atoms with Crippen LogP contribution in [-0.2, 0) is 4.79 Å². The fraction of sp³-hybridized carbons (Fsp3) is 0.118. The molecule has 2 aromatic carbocycles. The number of hydrogen-bond donors (Lipinski definition) is 1. The van der Waals surface area contributed by atoms with Crippen molar-refractivity contribution in [2.75, 3.05) is 0 Å². The van der Waals surface area contributed by atoms with Crippen molar-refractivity contribution in [3.63, 3.8) is 0 Å². The lowest BCUT2D eigenvalue weighted by molar-refractivity contribution is -0.117. The maximum Gasteiger partial charge on any atom is 0.230 e. The second kappa shape index (κ2) is 7.25. The molecule has 0 saturated heterocycles. The van der Waals surface area contributed by atoms with Crippen LogP contribution in [0.25, 0.3) is 17.1 Å². The Morgan fingerprint density at radius 1 is 1.20 bits per heavy atom. The highest BCUT2D eigenvalue weighted by molar-refractivity contribution is 8.00. The number of para-hydroxylation sites is 1. The number of halogens is 2. The van der Waals surface area contributed by atoms with E-state index >= 15 is 0 Å². The van der Waals surface area contributed by atoms with Crippen LogP contribution in [0.4, 0.5) is 4.39 Å². The third-order valence-electron chi connectivity index (χ3n) is 3.52. The number of primary amides is 1. The second-order valence-electron chi connectivity index (χ2n) is 5.24. The third-order valence-corrected chi connectivity index (χ3v) is 4.91. The topological polar surface area (TPSA) is 73.8 Å². The maximum atomic E-state index is 14.4. The molecular formula is C17H14ClFN4OS. The van der Waals surface area contributed by atoms with Crippen LogP contribution in [0.2, 0.25) is 5.02 Å². The zero-order valence-electron chi connectivity index (χ0n) is 13.2. The number of amides is 1. The molecule has 128 valence electrons. The molecule has 5 nitrogen and oxygen atoms in total. The molecule has 0 bridgehead atoms. The van der Waals surface area contributed by atoms with E-state index in [4.69, 9.17) is 17.3 Å². The first-order chi connectivity index (χ1) is 12.0. The lowest BCUT2D eigenvalue weighted by atomic mass is 10.2. The lowest BCUT2D eigenvalue weighted by Crippen LogP contribution is -2.23. The van der Waals surface area contributed by atoms with Gasteiger partial charge in [-0.05, 0) is 31.2 Å². The molecule has 3 rings (SSSR count). The minimum absolute atomic E-state index is 0.265. The predicted molar refractivity (Wildman–Crippen MR) is 96.3 cm³/mol. The standard InChI is InChI=1S/C17H14ClFN4OS/c1-10(15(20)24)25-17-22-21-16(11-6-2-3-7-12(11)18)23(17)14-9-5-4-8-13(14)19/h2-10H,1H3,(H2,20,24)/t10-/m0/s1. The Morgan fingerprint density at radius 2 is 1.88 bits per heavy atom. The first-order valence-electron chi connectivity index (χ1n) is 7.40. The van der Waals surface area contributed by atoms with Gasteiger partial charge in [0.2, 0.25) is 5.91 Å². The Hall–Kier alpha value is -2.38. The number of carbonyl (C=O) groups excluding carboxylic acids is 1. The highest BCUT2D eigenvalue weighted by atomic mass is 35.5. The summed E-state index contributed by atoms with van der Waals surface area (Å²) in [6.45, 7) is 1.66. The van der Waals surface area contributed by atoms with Crippen molar-refractivity contribution >= 4 is 29.3 Å². The molecule has 0 fully saturated rings. The maximum absolute atomic E-state index is 14.4. The van der Waals surface area contributed by atoms with Crippen LogP contribution in [0.5, 0.6) is 0 Å². The molecule has 1 aromatic heterocycles. The van der Waals surface area contributed by atoms with E-state index in [0.29, 0.717) is 21.6 Å². The van der Waals surface area contributed by atoms with E-state index < -0.39 is 17.0 Å². The zero-order valence-corrected chi connectivity index (χ0v) is 14.8. The Balaban J connectivity index is 2.20. The fourth-order valence-electron chi connectivity index (χ4n) is 2.23. The molecule has 25 heavy (non-hydrogen) atoms. The van der Waals surface area contributed by atoms with Crippen LogP contribution in [-0.4, -0.2) is 25.9 Å². The van der Waals surface area contributed by atoms with E-state index in [1.165, 1.54) is 6.07 Å². The van der Waals surface area contributed by atoms with E-state index in [0.717, 1.165) is 11.8 Å². The molecule has 1 amide bonds. The van der Waals surface area contributed by atoms with Crippen LogP contribution in [0, 0.1) is 5.82 Å². The number of nitrogens with two attached hydrogens (primary N) is 1. The van der Waals surface area contributed by atoms with Gasteiger partial charge in [0.15, 0.2) is 11.0 Å². The summed E-state index contributed by atoms with van der Waals surface area (Å²) in [5.41, 5.74) is 6.21. The summed E-state index contributed by atoms with van der Waals surface area (Å²) in [5.74, 6) is -0.550. The molecule has 0 spiro atoms. The molecule has 1 atom stereocenters. The van der Waals surface area contributed by atoms with Gasteiger partial charge in [-0.15, -0.1) is 10.2 Å². The van der Waals surface area contributed by atoms with Crippen molar-refractivity contribution in [2.24, 2.45) is 5.73 Å². The second-order valence-corrected chi connectivity index (χ2v) is 6.95. The Morgan fingerprint density at radius 3 is 2.56 bits per heavy atom. The molecule has 3 aromatic rings. The summed E-state index contributed by atoms with van der Waals surface area (Å²) in [6, 6.07) is 13.3. The number of aromatic nitrogens is 3. The largest absolute Gasteiger partial charge is 0.369 e. The number of carbonyl (C=O) groups is 1. The van der Waals surface area contributed by atoms with E-state index in [-0.39, 0.29) is 5.69 Å². The van der Waals surface area contributed by atoms with Crippen LogP contribution in [0.1, 0.15) is 6.92 Å². The van der Waals surface area contributed by atoms with Crippen LogP contribution >= 0.6 is 23.4 Å². The Kier molecular flexibility index (Phi) is 5.06. The molecule has 0 unspecified atom stereocenters. The van der Waals surface area contributed by atoms with Gasteiger partial charge < -0.3 is 5.73 Å². The number of rotatable bonds is 5. The zero-order chi connectivity index (χ0) is 18.0. The van der Waals surface area contributed by atoms with E-state index in [1.807, 2.05) is 0 Å². The van der Waals surface area contributed by atoms with Crippen molar-refractivity contribution < 1.29 is 9.18 Å². The normalized spacial score (nSPS) is 12.1. The smallest absolute Gasteiger partial charge is 0.230 e. The van der Waals surface area contributed by atoms with Crippen molar-refractivity contribution in [3.05, 3.63) is 59.4 Å². The van der Waals surface area contributed by atoms with Crippen LogP contribution in [0.15, 0.2) is 53.7 Å². The Labute approximate surface area is 153 Å². The van der Waals surface area contributed by atoms with Gasteiger partial charge in [0, 0.05) is 5.56 Å². The molecule has 0 saturated carbocycles. The molecule has 2 N–H and O–H groups in total. The number of benzene rings is 2. The van der Waals surface area contributed by atoms with Gasteiger partial charge in [-0.25, -0.2) is 4.39 Å². The van der Waals surface area contributed by atoms with E-state index in [9.17, 15) is 9.18 Å². The van der Waals surface area contributed by atoms with Crippen molar-refractivity contribution in [1.82, 2.24) is 14.8 Å². The molecule has 0 aliphatic carbocycles. The van der Waals surface area contributed by atoms with Gasteiger partial charge >= 0.3 is 0 Å². The fourth-order valence-corrected chi connectivity index (χ4v) is 3.26. The number of thioether (sulfide) groups is 1. The third kappa shape index (κ3) is 3.52. The monoisotopic (exact) mass is 376 g/mol. The van der Waals surface area contributed by atoms with Crippen molar-refractivity contribution in [3.8, 4) is 17.1 Å². The number of hydrogen-bond acceptors (Lipinski definition) is 4. The van der Waals surface area contributed by atoms with Crippen molar-refractivity contribution in [2.45, 2.75) is 17.3 Å². The highest BCUT2D eigenvalue weighted by Gasteiger charge is 2.22. The Bertz CT molecular complexity index is 931. The van der Waals surface area contributed by atoms with Gasteiger partial charge in [-0.2, -0.15) is 0 Å². The quantitative estimate of drug-likeness (QED) is 0.689. The first-order valence-corrected chi connectivity index (χ1v) is 8.66. The SMILES string of the molecule is C[C@H](Sc1nnc(-c2ccccc2Cl)n1-c1ccccc1F)C(N)=O. The van der Waals surface area contributed by atoms with Crippen molar-refractivity contribution in [1.29, 1.82) is 0 Å².